The van der Waals surface area contributed by atoms with Crippen molar-refractivity contribution in [3.05, 3.63) is 113 Å². The Kier molecular flexibility index (Phi) is 11.0. The number of hydrogen-bond donors (Lipinski definition) is 4. The molecule has 234 valence electrons. The highest BCUT2D eigenvalue weighted by Gasteiger charge is 2.45. The van der Waals surface area contributed by atoms with E-state index in [0.717, 1.165) is 33.7 Å². The van der Waals surface area contributed by atoms with E-state index in [0.29, 0.717) is 39.2 Å². The second-order valence-corrected chi connectivity index (χ2v) is 10.7. The Morgan fingerprint density at radius 1 is 0.818 bits per heavy atom. The smallest absolute Gasteiger partial charge is 0.239 e. The number of hydrogen-bond acceptors (Lipinski definition) is 9. The minimum Gasteiger partial charge on any atom is -0.489 e. The fourth-order valence-electron chi connectivity index (χ4n) is 5.27. The fraction of sp³-hybridized carbons (Fsp3) is 0.382. The van der Waals surface area contributed by atoms with Gasteiger partial charge in [0.05, 0.1) is 26.4 Å². The molecular weight excluding hydrogens is 564 g/mol. The molecule has 0 saturated carbocycles. The number of aromatic nitrogens is 2. The summed E-state index contributed by atoms with van der Waals surface area (Å²) >= 11 is 0. The Balaban J connectivity index is 1.40. The topological polar surface area (TPSA) is 136 Å². The number of nitrogens with zero attached hydrogens (tertiary/aromatic N) is 2. The number of rotatable bonds is 14. The van der Waals surface area contributed by atoms with Crippen molar-refractivity contribution in [2.75, 3.05) is 13.2 Å². The van der Waals surface area contributed by atoms with Crippen LogP contribution >= 0.6 is 0 Å². The molecule has 4 aromatic rings. The first kappa shape index (κ1) is 31.6. The van der Waals surface area contributed by atoms with Gasteiger partial charge in [-0.1, -0.05) is 85.8 Å². The average molecular weight is 605 g/mol. The van der Waals surface area contributed by atoms with Crippen molar-refractivity contribution in [1.29, 1.82) is 0 Å². The highest BCUT2D eigenvalue weighted by Crippen LogP contribution is 2.32. The average Bonchev–Trinajstić information content (AvgIpc) is 3.39. The predicted molar refractivity (Wildman–Crippen MR) is 162 cm³/mol. The van der Waals surface area contributed by atoms with Crippen molar-refractivity contribution < 1.29 is 39.4 Å². The standard InChI is InChI=1S/C34H40N2O8/c1-2-27-26(19-25-15-9-10-16-28(25)42-22-24-13-7-4-8-14-24)33(44-34-32(40)31(39)30(38)29(20-37)43-34)35-36(27)17-18-41-21-23-11-5-3-6-12-23/h3-16,29-32,34,37-40H,2,17-22H2,1H3/t29-,30-,31+,32-,34+/m1/s1. The summed E-state index contributed by atoms with van der Waals surface area (Å²) in [6, 6.07) is 27.6. The van der Waals surface area contributed by atoms with Gasteiger partial charge in [0.1, 0.15) is 36.8 Å². The molecule has 10 nitrogen and oxygen atoms in total. The monoisotopic (exact) mass is 604 g/mol. The summed E-state index contributed by atoms with van der Waals surface area (Å²) in [5.41, 5.74) is 4.71. The number of aliphatic hydroxyl groups excluding tert-OH is 4. The van der Waals surface area contributed by atoms with E-state index in [9.17, 15) is 20.4 Å². The molecule has 0 unspecified atom stereocenters. The molecule has 1 aromatic heterocycles. The van der Waals surface area contributed by atoms with Crippen molar-refractivity contribution in [1.82, 2.24) is 9.78 Å². The van der Waals surface area contributed by atoms with Gasteiger partial charge in [-0.2, -0.15) is 0 Å². The van der Waals surface area contributed by atoms with Gasteiger partial charge in [0, 0.05) is 17.7 Å². The van der Waals surface area contributed by atoms with Gasteiger partial charge >= 0.3 is 0 Å². The maximum atomic E-state index is 10.7. The summed E-state index contributed by atoms with van der Waals surface area (Å²) in [5, 5.41) is 45.7. The third-order valence-electron chi connectivity index (χ3n) is 7.68. The van der Waals surface area contributed by atoms with Gasteiger partial charge in [-0.05, 0) is 29.2 Å². The van der Waals surface area contributed by atoms with Crippen molar-refractivity contribution in [3.8, 4) is 11.6 Å². The lowest BCUT2D eigenvalue weighted by Gasteiger charge is -2.39. The lowest BCUT2D eigenvalue weighted by Crippen LogP contribution is -2.60. The molecule has 0 amide bonds. The summed E-state index contributed by atoms with van der Waals surface area (Å²) in [5.74, 6) is 0.934. The minimum atomic E-state index is -1.57. The van der Waals surface area contributed by atoms with Crippen LogP contribution in [0.25, 0.3) is 0 Å². The summed E-state index contributed by atoms with van der Waals surface area (Å²) in [4.78, 5) is 0. The molecule has 1 aliphatic heterocycles. The van der Waals surface area contributed by atoms with Crippen LogP contribution in [0.2, 0.25) is 0 Å². The summed E-state index contributed by atoms with van der Waals surface area (Å²) < 4.78 is 25.7. The summed E-state index contributed by atoms with van der Waals surface area (Å²) in [7, 11) is 0. The molecule has 1 fully saturated rings. The number of para-hydroxylation sites is 1. The van der Waals surface area contributed by atoms with E-state index in [1.54, 1.807) is 0 Å². The molecule has 0 radical (unpaired) electrons. The van der Waals surface area contributed by atoms with Crippen LogP contribution < -0.4 is 9.47 Å². The third kappa shape index (κ3) is 7.65. The molecule has 0 aliphatic carbocycles. The molecule has 5 rings (SSSR count). The first-order valence-electron chi connectivity index (χ1n) is 14.9. The van der Waals surface area contributed by atoms with Gasteiger partial charge in [-0.3, -0.25) is 4.68 Å². The van der Waals surface area contributed by atoms with Crippen molar-refractivity contribution in [2.24, 2.45) is 0 Å². The molecule has 1 aliphatic rings. The van der Waals surface area contributed by atoms with E-state index in [1.165, 1.54) is 0 Å². The van der Waals surface area contributed by atoms with Crippen molar-refractivity contribution in [2.45, 2.75) is 70.2 Å². The van der Waals surface area contributed by atoms with Gasteiger partial charge in [-0.15, -0.1) is 5.10 Å². The molecule has 3 aromatic carbocycles. The van der Waals surface area contributed by atoms with Crippen LogP contribution in [0.15, 0.2) is 84.9 Å². The lowest BCUT2D eigenvalue weighted by molar-refractivity contribution is -0.278. The zero-order valence-electron chi connectivity index (χ0n) is 24.7. The van der Waals surface area contributed by atoms with Crippen molar-refractivity contribution in [3.63, 3.8) is 0 Å². The van der Waals surface area contributed by atoms with E-state index in [-0.39, 0.29) is 5.88 Å². The fourth-order valence-corrected chi connectivity index (χ4v) is 5.27. The molecule has 10 heteroatoms. The zero-order chi connectivity index (χ0) is 30.9. The number of benzene rings is 3. The number of ether oxygens (including phenoxy) is 4. The van der Waals surface area contributed by atoms with Gasteiger partial charge < -0.3 is 39.4 Å². The van der Waals surface area contributed by atoms with E-state index in [1.807, 2.05) is 96.5 Å². The Labute approximate surface area is 257 Å². The van der Waals surface area contributed by atoms with E-state index in [2.05, 4.69) is 0 Å². The minimum absolute atomic E-state index is 0.215. The van der Waals surface area contributed by atoms with E-state index in [4.69, 9.17) is 24.0 Å². The Hall–Kier alpha value is -3.77. The van der Waals surface area contributed by atoms with Crippen LogP contribution in [0.1, 0.15) is 34.9 Å². The van der Waals surface area contributed by atoms with E-state index >= 15 is 0 Å². The highest BCUT2D eigenvalue weighted by atomic mass is 16.7. The van der Waals surface area contributed by atoms with Crippen LogP contribution in [0.5, 0.6) is 11.6 Å². The normalized spacial score (nSPS) is 21.7. The van der Waals surface area contributed by atoms with Gasteiger partial charge in [0.2, 0.25) is 12.2 Å². The highest BCUT2D eigenvalue weighted by molar-refractivity contribution is 5.43. The predicted octanol–water partition coefficient (Wildman–Crippen LogP) is 3.01. The molecule has 5 atom stereocenters. The molecule has 44 heavy (non-hydrogen) atoms. The molecule has 2 heterocycles. The third-order valence-corrected chi connectivity index (χ3v) is 7.68. The summed E-state index contributed by atoms with van der Waals surface area (Å²) in [6.07, 6.45) is -6.05. The van der Waals surface area contributed by atoms with Crippen LogP contribution in [-0.2, 0) is 42.1 Å². The van der Waals surface area contributed by atoms with Gasteiger partial charge in [0.15, 0.2) is 0 Å². The number of aliphatic hydroxyl groups is 4. The summed E-state index contributed by atoms with van der Waals surface area (Å²) in [6.45, 7) is 3.20. The SMILES string of the molecule is CCc1c(Cc2ccccc2OCc2ccccc2)c(O[C@@H]2O[C@H](CO)[C@@H](O)[C@H](O)[C@H]2O)nn1CCOCc1ccccc1. The van der Waals surface area contributed by atoms with Crippen LogP contribution in [0, 0.1) is 0 Å². The molecular formula is C34H40N2O8. The zero-order valence-corrected chi connectivity index (χ0v) is 24.7. The molecule has 4 N–H and O–H groups in total. The second kappa shape index (κ2) is 15.3. The Bertz CT molecular complexity index is 1450. The van der Waals surface area contributed by atoms with Gasteiger partial charge in [-0.25, -0.2) is 0 Å². The molecule has 1 saturated heterocycles. The van der Waals surface area contributed by atoms with Crippen LogP contribution in [-0.4, -0.2) is 74.1 Å². The van der Waals surface area contributed by atoms with Crippen LogP contribution in [0.3, 0.4) is 0 Å². The van der Waals surface area contributed by atoms with Crippen molar-refractivity contribution >= 4 is 0 Å². The maximum Gasteiger partial charge on any atom is 0.239 e. The van der Waals surface area contributed by atoms with Crippen LogP contribution in [0.4, 0.5) is 0 Å². The largest absolute Gasteiger partial charge is 0.489 e. The molecule has 0 spiro atoms. The first-order chi connectivity index (χ1) is 21.5. The second-order valence-electron chi connectivity index (χ2n) is 10.7. The van der Waals surface area contributed by atoms with Gasteiger partial charge in [0.25, 0.3) is 0 Å². The quantitative estimate of drug-likeness (QED) is 0.160. The molecule has 0 bridgehead atoms. The Morgan fingerprint density at radius 3 is 2.16 bits per heavy atom. The lowest BCUT2D eigenvalue weighted by atomic mass is 9.99. The maximum absolute atomic E-state index is 10.7. The Morgan fingerprint density at radius 2 is 1.48 bits per heavy atom. The first-order valence-corrected chi connectivity index (χ1v) is 14.9. The van der Waals surface area contributed by atoms with E-state index < -0.39 is 37.3 Å².